The van der Waals surface area contributed by atoms with Crippen LogP contribution >= 0.6 is 0 Å². The highest BCUT2D eigenvalue weighted by atomic mass is 19.1. The number of carbonyl (C=O) groups excluding carboxylic acids is 2. The molecule has 1 unspecified atom stereocenters. The Morgan fingerprint density at radius 1 is 0.905 bits per heavy atom. The molecule has 0 bridgehead atoms. The van der Waals surface area contributed by atoms with Crippen LogP contribution in [-0.4, -0.2) is 44.1 Å². The van der Waals surface area contributed by atoms with Crippen LogP contribution < -0.4 is 10.2 Å². The number of benzene rings is 4. The molecule has 0 radical (unpaired) electrons. The van der Waals surface area contributed by atoms with Crippen LogP contribution in [0.4, 0.5) is 20.2 Å². The zero-order valence-electron chi connectivity index (χ0n) is 22.1. The van der Waals surface area contributed by atoms with Crippen LogP contribution in [0.15, 0.2) is 84.9 Å². The maximum absolute atomic E-state index is 14.1. The van der Waals surface area contributed by atoms with Gasteiger partial charge in [0.05, 0.1) is 11.7 Å². The molecular formula is C31H24F2N6O3. The van der Waals surface area contributed by atoms with E-state index in [0.29, 0.717) is 53.0 Å². The number of tetrazole rings is 1. The van der Waals surface area contributed by atoms with Crippen molar-refractivity contribution in [1.82, 2.24) is 20.6 Å². The zero-order chi connectivity index (χ0) is 29.2. The predicted molar refractivity (Wildman–Crippen MR) is 152 cm³/mol. The predicted octanol–water partition coefficient (Wildman–Crippen LogP) is 5.54. The van der Waals surface area contributed by atoms with E-state index in [-0.39, 0.29) is 17.0 Å². The summed E-state index contributed by atoms with van der Waals surface area (Å²) >= 11 is 0. The lowest BCUT2D eigenvalue weighted by molar-refractivity contribution is 0.0986. The van der Waals surface area contributed by atoms with Gasteiger partial charge in [0, 0.05) is 34.6 Å². The fourth-order valence-corrected chi connectivity index (χ4v) is 5.15. The van der Waals surface area contributed by atoms with E-state index < -0.39 is 29.6 Å². The van der Waals surface area contributed by atoms with Crippen LogP contribution in [0, 0.1) is 11.6 Å². The molecule has 3 N–H and O–H groups in total. The van der Waals surface area contributed by atoms with Crippen molar-refractivity contribution in [2.24, 2.45) is 0 Å². The molecule has 1 aliphatic rings. The second-order valence-electron chi connectivity index (χ2n) is 9.82. The molecule has 0 saturated carbocycles. The normalized spacial score (nSPS) is 14.6. The van der Waals surface area contributed by atoms with Gasteiger partial charge in [-0.25, -0.2) is 8.78 Å². The SMILES string of the molecule is O=C(Nc1ccc(C(=O)N2CCCC(O)c3cc(F)ccc32)c(-c2nn[nH]n2)c1)c1ccc(F)cc1-c1ccccc1. The van der Waals surface area contributed by atoms with E-state index in [1.165, 1.54) is 47.4 Å². The summed E-state index contributed by atoms with van der Waals surface area (Å²) in [5.41, 5.74) is 2.96. The van der Waals surface area contributed by atoms with Crippen LogP contribution in [-0.2, 0) is 0 Å². The van der Waals surface area contributed by atoms with Crippen LogP contribution in [0.25, 0.3) is 22.5 Å². The lowest BCUT2D eigenvalue weighted by Gasteiger charge is -2.24. The second kappa shape index (κ2) is 11.3. The molecule has 2 heterocycles. The Morgan fingerprint density at radius 3 is 2.45 bits per heavy atom. The van der Waals surface area contributed by atoms with Crippen molar-refractivity contribution in [2.75, 3.05) is 16.8 Å². The minimum Gasteiger partial charge on any atom is -0.388 e. The molecule has 0 saturated heterocycles. The van der Waals surface area contributed by atoms with E-state index in [0.717, 1.165) is 0 Å². The number of nitrogens with zero attached hydrogens (tertiary/aromatic N) is 4. The molecule has 0 spiro atoms. The van der Waals surface area contributed by atoms with Gasteiger partial charge in [0.25, 0.3) is 11.8 Å². The summed E-state index contributed by atoms with van der Waals surface area (Å²) in [6.45, 7) is 0.297. The largest absolute Gasteiger partial charge is 0.388 e. The monoisotopic (exact) mass is 566 g/mol. The third-order valence-corrected chi connectivity index (χ3v) is 7.15. The Balaban J connectivity index is 1.36. The highest BCUT2D eigenvalue weighted by Gasteiger charge is 2.29. The first kappa shape index (κ1) is 26.9. The van der Waals surface area contributed by atoms with Crippen molar-refractivity contribution >= 4 is 23.2 Å². The van der Waals surface area contributed by atoms with Gasteiger partial charge in [0.15, 0.2) is 0 Å². The summed E-state index contributed by atoms with van der Waals surface area (Å²) in [5.74, 6) is -1.76. The molecular weight excluding hydrogens is 542 g/mol. The third-order valence-electron chi connectivity index (χ3n) is 7.15. The van der Waals surface area contributed by atoms with Crippen molar-refractivity contribution in [3.05, 3.63) is 113 Å². The molecule has 2 amide bonds. The molecule has 0 aliphatic carbocycles. The van der Waals surface area contributed by atoms with Gasteiger partial charge in [-0.2, -0.15) is 5.21 Å². The van der Waals surface area contributed by atoms with Crippen LogP contribution in [0.3, 0.4) is 0 Å². The summed E-state index contributed by atoms with van der Waals surface area (Å²) < 4.78 is 28.2. The van der Waals surface area contributed by atoms with Gasteiger partial charge in [-0.1, -0.05) is 30.3 Å². The average Bonchev–Trinajstić information content (AvgIpc) is 3.49. The molecule has 11 heteroatoms. The fourth-order valence-electron chi connectivity index (χ4n) is 5.15. The van der Waals surface area contributed by atoms with E-state index in [1.807, 2.05) is 6.07 Å². The molecule has 6 rings (SSSR count). The number of amides is 2. The number of aromatic amines is 1. The highest BCUT2D eigenvalue weighted by Crippen LogP contribution is 2.36. The number of hydrogen-bond acceptors (Lipinski definition) is 6. The molecule has 42 heavy (non-hydrogen) atoms. The number of rotatable bonds is 5. The van der Waals surface area contributed by atoms with E-state index >= 15 is 0 Å². The lowest BCUT2D eigenvalue weighted by Crippen LogP contribution is -2.32. The number of anilines is 2. The molecule has 210 valence electrons. The summed E-state index contributed by atoms with van der Waals surface area (Å²) in [6.07, 6.45) is -0.0388. The van der Waals surface area contributed by atoms with Gasteiger partial charge in [0.2, 0.25) is 5.82 Å². The number of hydrogen-bond donors (Lipinski definition) is 3. The second-order valence-corrected chi connectivity index (χ2v) is 9.82. The van der Waals surface area contributed by atoms with Gasteiger partial charge < -0.3 is 15.3 Å². The molecule has 9 nitrogen and oxygen atoms in total. The Kier molecular flexibility index (Phi) is 7.24. The maximum Gasteiger partial charge on any atom is 0.259 e. The number of nitrogens with one attached hydrogen (secondary N) is 2. The van der Waals surface area contributed by atoms with Crippen molar-refractivity contribution in [3.8, 4) is 22.5 Å². The quantitative estimate of drug-likeness (QED) is 0.257. The van der Waals surface area contributed by atoms with Crippen molar-refractivity contribution in [3.63, 3.8) is 0 Å². The summed E-state index contributed by atoms with van der Waals surface area (Å²) in [6, 6.07) is 21.6. The number of halogens is 2. The topological polar surface area (TPSA) is 124 Å². The standard InChI is InChI=1S/C31H24F2N6O3/c32-19-8-11-22(24(15-19)18-5-2-1-3-6-18)30(41)34-21-10-12-23(25(17-21)29-35-37-38-36-29)31(42)39-14-4-7-28(40)26-16-20(33)9-13-27(26)39/h1-3,5-6,8-13,15-17,28,40H,4,7,14H2,(H,34,41)(H,35,36,37,38). The van der Waals surface area contributed by atoms with E-state index in [4.69, 9.17) is 0 Å². The first-order valence-corrected chi connectivity index (χ1v) is 13.2. The lowest BCUT2D eigenvalue weighted by atomic mass is 9.98. The summed E-state index contributed by atoms with van der Waals surface area (Å²) in [5, 5.41) is 27.5. The Morgan fingerprint density at radius 2 is 1.67 bits per heavy atom. The highest BCUT2D eigenvalue weighted by molar-refractivity contribution is 6.12. The zero-order valence-corrected chi connectivity index (χ0v) is 22.1. The van der Waals surface area contributed by atoms with Gasteiger partial charge in [-0.05, 0) is 83.8 Å². The van der Waals surface area contributed by atoms with Crippen LogP contribution in [0.2, 0.25) is 0 Å². The van der Waals surface area contributed by atoms with Crippen molar-refractivity contribution in [1.29, 1.82) is 0 Å². The first-order valence-electron chi connectivity index (χ1n) is 13.2. The Hall–Kier alpha value is -5.29. The number of aromatic nitrogens is 4. The van der Waals surface area contributed by atoms with E-state index in [9.17, 15) is 23.5 Å². The molecule has 4 aromatic carbocycles. The number of fused-ring (bicyclic) bond motifs is 1. The van der Waals surface area contributed by atoms with Gasteiger partial charge >= 0.3 is 0 Å². The number of H-pyrrole nitrogens is 1. The molecule has 0 fully saturated rings. The average molecular weight is 567 g/mol. The number of carbonyl (C=O) groups is 2. The summed E-state index contributed by atoms with van der Waals surface area (Å²) in [4.78, 5) is 28.9. The van der Waals surface area contributed by atoms with Crippen molar-refractivity contribution < 1.29 is 23.5 Å². The van der Waals surface area contributed by atoms with Gasteiger partial charge in [-0.15, -0.1) is 10.2 Å². The van der Waals surface area contributed by atoms with Gasteiger partial charge in [0.1, 0.15) is 11.6 Å². The Labute approximate surface area is 238 Å². The maximum atomic E-state index is 14.1. The van der Waals surface area contributed by atoms with E-state index in [1.54, 1.807) is 36.4 Å². The molecule has 1 aromatic heterocycles. The van der Waals surface area contributed by atoms with Crippen LogP contribution in [0.1, 0.15) is 45.2 Å². The Bertz CT molecular complexity index is 1780. The summed E-state index contributed by atoms with van der Waals surface area (Å²) in [7, 11) is 0. The fraction of sp³-hybridized carbons (Fsp3) is 0.129. The molecule has 1 aliphatic heterocycles. The smallest absolute Gasteiger partial charge is 0.259 e. The number of aliphatic hydroxyl groups is 1. The van der Waals surface area contributed by atoms with Crippen molar-refractivity contribution in [2.45, 2.75) is 18.9 Å². The molecule has 1 atom stereocenters. The van der Waals surface area contributed by atoms with Gasteiger partial charge in [-0.3, -0.25) is 9.59 Å². The first-order chi connectivity index (χ1) is 20.4. The molecule has 5 aromatic rings. The number of aliphatic hydroxyl groups excluding tert-OH is 1. The minimum absolute atomic E-state index is 0.121. The van der Waals surface area contributed by atoms with E-state index in [2.05, 4.69) is 25.9 Å². The van der Waals surface area contributed by atoms with Crippen LogP contribution in [0.5, 0.6) is 0 Å². The third kappa shape index (κ3) is 5.25. The minimum atomic E-state index is -0.907.